The second-order valence-corrected chi connectivity index (χ2v) is 8.92. The minimum Gasteiger partial charge on any atom is -0.496 e. The fraction of sp³-hybridized carbons (Fsp3) is 0.0667. The summed E-state index contributed by atoms with van der Waals surface area (Å²) in [6, 6.07) is 34.0. The molecule has 36 heavy (non-hydrogen) atoms. The summed E-state index contributed by atoms with van der Waals surface area (Å²) < 4.78 is 5.41. The summed E-state index contributed by atoms with van der Waals surface area (Å²) in [4.78, 5) is 27.2. The number of nitrogens with one attached hydrogen (secondary N) is 2. The molecule has 0 spiro atoms. The Morgan fingerprint density at radius 3 is 2.14 bits per heavy atom. The van der Waals surface area contributed by atoms with Crippen LogP contribution in [0.25, 0.3) is 6.08 Å². The fourth-order valence-electron chi connectivity index (χ4n) is 3.46. The van der Waals surface area contributed by atoms with Gasteiger partial charge in [-0.15, -0.1) is 11.8 Å². The molecule has 4 aromatic carbocycles. The summed E-state index contributed by atoms with van der Waals surface area (Å²) in [6.07, 6.45) is 1.61. The van der Waals surface area contributed by atoms with Crippen LogP contribution in [0.5, 0.6) is 5.75 Å². The molecule has 0 aliphatic carbocycles. The van der Waals surface area contributed by atoms with Gasteiger partial charge >= 0.3 is 0 Å². The number of methoxy groups -OCH3 is 1. The van der Waals surface area contributed by atoms with Crippen LogP contribution in [0.4, 0.5) is 5.69 Å². The molecule has 4 aromatic rings. The zero-order valence-electron chi connectivity index (χ0n) is 19.8. The number of amides is 2. The van der Waals surface area contributed by atoms with Crippen LogP contribution in [0.1, 0.15) is 21.5 Å². The summed E-state index contributed by atoms with van der Waals surface area (Å²) in [6.45, 7) is 0. The zero-order chi connectivity index (χ0) is 25.2. The maximum atomic E-state index is 13.2. The minimum absolute atomic E-state index is 0.107. The summed E-state index contributed by atoms with van der Waals surface area (Å²) in [5.74, 6) is 0.648. The van der Waals surface area contributed by atoms with E-state index in [0.29, 0.717) is 22.6 Å². The van der Waals surface area contributed by atoms with Gasteiger partial charge in [0.2, 0.25) is 0 Å². The molecule has 2 amide bonds. The van der Waals surface area contributed by atoms with Gasteiger partial charge in [-0.05, 0) is 54.1 Å². The van der Waals surface area contributed by atoms with Gasteiger partial charge in [0.15, 0.2) is 0 Å². The molecular weight excluding hydrogens is 468 g/mol. The van der Waals surface area contributed by atoms with E-state index in [1.54, 1.807) is 55.3 Å². The second-order valence-electron chi connectivity index (χ2n) is 7.87. The summed E-state index contributed by atoms with van der Waals surface area (Å²) in [5, 5.41) is 5.64. The normalized spacial score (nSPS) is 11.0. The molecule has 6 heteroatoms. The summed E-state index contributed by atoms with van der Waals surface area (Å²) in [7, 11) is 1.56. The van der Waals surface area contributed by atoms with E-state index in [2.05, 4.69) is 22.8 Å². The smallest absolute Gasteiger partial charge is 0.272 e. The number of thioether (sulfide) groups is 1. The Morgan fingerprint density at radius 2 is 1.44 bits per heavy atom. The maximum absolute atomic E-state index is 13.2. The molecule has 5 nitrogen and oxygen atoms in total. The monoisotopic (exact) mass is 494 g/mol. The maximum Gasteiger partial charge on any atom is 0.272 e. The van der Waals surface area contributed by atoms with Crippen LogP contribution >= 0.6 is 11.8 Å². The summed E-state index contributed by atoms with van der Waals surface area (Å²) in [5.41, 5.74) is 3.11. The number of hydrogen-bond acceptors (Lipinski definition) is 4. The van der Waals surface area contributed by atoms with Gasteiger partial charge in [0.25, 0.3) is 11.8 Å². The number of para-hydroxylation sites is 1. The van der Waals surface area contributed by atoms with Crippen molar-refractivity contribution in [1.29, 1.82) is 0 Å². The highest BCUT2D eigenvalue weighted by atomic mass is 32.2. The van der Waals surface area contributed by atoms with Gasteiger partial charge in [0.1, 0.15) is 11.4 Å². The first-order valence-corrected chi connectivity index (χ1v) is 12.4. The number of anilines is 1. The van der Waals surface area contributed by atoms with Crippen LogP contribution in [0.15, 0.2) is 120 Å². The van der Waals surface area contributed by atoms with E-state index in [1.165, 1.54) is 5.56 Å². The number of carbonyl (C=O) groups is 2. The van der Waals surface area contributed by atoms with Gasteiger partial charge in [-0.3, -0.25) is 9.59 Å². The molecular formula is C30H26N2O3S. The average Bonchev–Trinajstić information content (AvgIpc) is 2.93. The lowest BCUT2D eigenvalue weighted by atomic mass is 10.1. The van der Waals surface area contributed by atoms with Crippen molar-refractivity contribution >= 4 is 35.3 Å². The SMILES string of the molecule is COc1ccccc1/C=C(\NC(=O)c1ccccc1)C(=O)Nc1ccc(SCc2ccccc2)cc1. The highest BCUT2D eigenvalue weighted by Gasteiger charge is 2.16. The van der Waals surface area contributed by atoms with Crippen molar-refractivity contribution in [2.24, 2.45) is 0 Å². The predicted molar refractivity (Wildman–Crippen MR) is 146 cm³/mol. The molecule has 0 unspecified atom stereocenters. The van der Waals surface area contributed by atoms with Crippen LogP contribution < -0.4 is 15.4 Å². The van der Waals surface area contributed by atoms with Crippen molar-refractivity contribution in [3.05, 3.63) is 132 Å². The van der Waals surface area contributed by atoms with Gasteiger partial charge in [0.05, 0.1) is 7.11 Å². The highest BCUT2D eigenvalue weighted by molar-refractivity contribution is 7.98. The van der Waals surface area contributed by atoms with Crippen LogP contribution in [0.2, 0.25) is 0 Å². The molecule has 0 bridgehead atoms. The molecule has 0 radical (unpaired) electrons. The number of carbonyl (C=O) groups excluding carboxylic acids is 2. The third-order valence-electron chi connectivity index (χ3n) is 5.33. The lowest BCUT2D eigenvalue weighted by molar-refractivity contribution is -0.113. The number of hydrogen-bond donors (Lipinski definition) is 2. The van der Waals surface area contributed by atoms with Crippen molar-refractivity contribution in [2.45, 2.75) is 10.6 Å². The first-order valence-electron chi connectivity index (χ1n) is 11.4. The van der Waals surface area contributed by atoms with Crippen LogP contribution in [0.3, 0.4) is 0 Å². The third-order valence-corrected chi connectivity index (χ3v) is 6.41. The topological polar surface area (TPSA) is 67.4 Å². The summed E-state index contributed by atoms with van der Waals surface area (Å²) >= 11 is 1.72. The molecule has 0 fully saturated rings. The third kappa shape index (κ3) is 6.87. The van der Waals surface area contributed by atoms with Crippen LogP contribution in [-0.4, -0.2) is 18.9 Å². The Kier molecular flexibility index (Phi) is 8.57. The molecule has 0 saturated heterocycles. The molecule has 0 heterocycles. The molecule has 0 aliphatic heterocycles. The van der Waals surface area contributed by atoms with E-state index in [9.17, 15) is 9.59 Å². The van der Waals surface area contributed by atoms with Gasteiger partial charge in [-0.25, -0.2) is 0 Å². The van der Waals surface area contributed by atoms with E-state index in [4.69, 9.17) is 4.74 Å². The van der Waals surface area contributed by atoms with Gasteiger partial charge in [-0.2, -0.15) is 0 Å². The minimum atomic E-state index is -0.435. The van der Waals surface area contributed by atoms with E-state index in [1.807, 2.05) is 66.7 Å². The van der Waals surface area contributed by atoms with Gasteiger partial charge in [-0.1, -0.05) is 66.7 Å². The number of rotatable bonds is 9. The molecule has 0 aliphatic rings. The quantitative estimate of drug-likeness (QED) is 0.209. The van der Waals surface area contributed by atoms with Crippen molar-refractivity contribution in [3.63, 3.8) is 0 Å². The molecule has 0 aromatic heterocycles. The molecule has 4 rings (SSSR count). The van der Waals surface area contributed by atoms with E-state index < -0.39 is 5.91 Å². The fourth-order valence-corrected chi connectivity index (χ4v) is 4.31. The van der Waals surface area contributed by atoms with Crippen molar-refractivity contribution < 1.29 is 14.3 Å². The first kappa shape index (κ1) is 24.8. The Bertz CT molecular complexity index is 1340. The Labute approximate surface area is 215 Å². The largest absolute Gasteiger partial charge is 0.496 e. The lowest BCUT2D eigenvalue weighted by Gasteiger charge is -2.13. The molecule has 0 saturated carbocycles. The number of benzene rings is 4. The molecule has 0 atom stereocenters. The van der Waals surface area contributed by atoms with E-state index in [0.717, 1.165) is 10.6 Å². The van der Waals surface area contributed by atoms with E-state index >= 15 is 0 Å². The zero-order valence-corrected chi connectivity index (χ0v) is 20.6. The van der Waals surface area contributed by atoms with Crippen LogP contribution in [-0.2, 0) is 10.5 Å². The Morgan fingerprint density at radius 1 is 0.806 bits per heavy atom. The highest BCUT2D eigenvalue weighted by Crippen LogP contribution is 2.25. The van der Waals surface area contributed by atoms with Crippen molar-refractivity contribution in [2.75, 3.05) is 12.4 Å². The lowest BCUT2D eigenvalue weighted by Crippen LogP contribution is -2.30. The average molecular weight is 495 g/mol. The standard InChI is InChI=1S/C30H26N2O3S/c1-35-28-15-9-8-14-24(28)20-27(32-29(33)23-12-6-3-7-13-23)30(34)31-25-16-18-26(19-17-25)36-21-22-10-4-2-5-11-22/h2-20H,21H2,1H3,(H,31,34)(H,32,33)/b27-20-. The van der Waals surface area contributed by atoms with Crippen molar-refractivity contribution in [3.8, 4) is 5.75 Å². The van der Waals surface area contributed by atoms with Gasteiger partial charge < -0.3 is 15.4 Å². The Balaban J connectivity index is 1.50. The second kappa shape index (κ2) is 12.4. The van der Waals surface area contributed by atoms with Crippen molar-refractivity contribution in [1.82, 2.24) is 5.32 Å². The molecule has 180 valence electrons. The Hall–Kier alpha value is -4.29. The number of ether oxygens (including phenoxy) is 1. The van der Waals surface area contributed by atoms with Gasteiger partial charge in [0, 0.05) is 27.5 Å². The van der Waals surface area contributed by atoms with E-state index in [-0.39, 0.29) is 11.6 Å². The van der Waals surface area contributed by atoms with Crippen LogP contribution in [0, 0.1) is 0 Å². The molecule has 2 N–H and O–H groups in total. The first-order chi connectivity index (χ1) is 17.6. The predicted octanol–water partition coefficient (Wildman–Crippen LogP) is 6.40.